The van der Waals surface area contributed by atoms with Gasteiger partial charge in [0.25, 0.3) is 0 Å². The van der Waals surface area contributed by atoms with Gasteiger partial charge in [0.2, 0.25) is 0 Å². The second-order valence-corrected chi connectivity index (χ2v) is 10.9. The zero-order valence-electron chi connectivity index (χ0n) is 17.1. The van der Waals surface area contributed by atoms with Crippen molar-refractivity contribution >= 4 is 6.21 Å². The molecule has 3 saturated carbocycles. The zero-order chi connectivity index (χ0) is 18.3. The highest BCUT2D eigenvalue weighted by Gasteiger charge is 2.52. The molecule has 0 amide bonds. The number of fused-ring (bicyclic) bond motifs is 2. The third kappa shape index (κ3) is 3.78. The predicted octanol–water partition coefficient (Wildman–Crippen LogP) is 6.95. The molecule has 1 aromatic carbocycles. The first kappa shape index (κ1) is 18.3. The van der Waals surface area contributed by atoms with Crippen molar-refractivity contribution in [2.24, 2.45) is 21.7 Å². The fourth-order valence-electron chi connectivity index (χ4n) is 6.98. The molecule has 1 nitrogen and oxygen atoms in total. The van der Waals surface area contributed by atoms with Crippen molar-refractivity contribution in [1.82, 2.24) is 0 Å². The maximum absolute atomic E-state index is 5.14. The maximum atomic E-state index is 5.14. The van der Waals surface area contributed by atoms with Crippen LogP contribution in [0.3, 0.4) is 0 Å². The molecule has 0 heterocycles. The highest BCUT2D eigenvalue weighted by Crippen LogP contribution is 2.60. The molecule has 142 valence electrons. The summed E-state index contributed by atoms with van der Waals surface area (Å²) in [6, 6.07) is 12.0. The largest absolute Gasteiger partial charge is 0.294 e. The van der Waals surface area contributed by atoms with E-state index in [2.05, 4.69) is 57.3 Å². The van der Waals surface area contributed by atoms with Crippen LogP contribution in [0, 0.1) is 16.7 Å². The summed E-state index contributed by atoms with van der Waals surface area (Å²) in [6.45, 7) is 7.49. The molecule has 3 atom stereocenters. The third-order valence-electron chi connectivity index (χ3n) is 7.39. The minimum Gasteiger partial charge on any atom is -0.294 e. The van der Waals surface area contributed by atoms with Crippen molar-refractivity contribution in [2.75, 3.05) is 0 Å². The van der Waals surface area contributed by atoms with Crippen LogP contribution in [0.2, 0.25) is 0 Å². The lowest BCUT2D eigenvalue weighted by Gasteiger charge is -2.57. The molecule has 2 bridgehead atoms. The molecule has 0 aromatic heterocycles. The van der Waals surface area contributed by atoms with Crippen molar-refractivity contribution in [2.45, 2.75) is 96.4 Å². The normalized spacial score (nSPS) is 37.7. The van der Waals surface area contributed by atoms with E-state index in [1.54, 1.807) is 5.56 Å². The molecule has 0 saturated heterocycles. The zero-order valence-corrected chi connectivity index (χ0v) is 17.1. The Morgan fingerprint density at radius 1 is 0.885 bits per heavy atom. The first-order valence-electron chi connectivity index (χ1n) is 11.0. The van der Waals surface area contributed by atoms with Gasteiger partial charge in [-0.3, -0.25) is 4.99 Å². The summed E-state index contributed by atoms with van der Waals surface area (Å²) >= 11 is 0. The van der Waals surface area contributed by atoms with Gasteiger partial charge in [0.05, 0.1) is 0 Å². The van der Waals surface area contributed by atoms with E-state index >= 15 is 0 Å². The van der Waals surface area contributed by atoms with Gasteiger partial charge in [0.1, 0.15) is 0 Å². The smallest absolute Gasteiger partial charge is 0.0496 e. The molecule has 0 N–H and O–H groups in total. The Kier molecular flexibility index (Phi) is 4.78. The van der Waals surface area contributed by atoms with E-state index in [-0.39, 0.29) is 5.41 Å². The van der Waals surface area contributed by atoms with Crippen LogP contribution in [-0.4, -0.2) is 12.3 Å². The third-order valence-corrected chi connectivity index (χ3v) is 7.39. The second kappa shape index (κ2) is 6.80. The van der Waals surface area contributed by atoms with Gasteiger partial charge in [-0.25, -0.2) is 0 Å². The lowest BCUT2D eigenvalue weighted by molar-refractivity contribution is 0.0144. The maximum Gasteiger partial charge on any atom is 0.0496 e. The van der Waals surface area contributed by atoms with Crippen molar-refractivity contribution < 1.29 is 0 Å². The number of aliphatic imine (C=N–C) groups is 1. The van der Waals surface area contributed by atoms with Gasteiger partial charge in [-0.1, -0.05) is 70.4 Å². The van der Waals surface area contributed by atoms with E-state index in [1.807, 2.05) is 0 Å². The average Bonchev–Trinajstić information content (AvgIpc) is 2.60. The van der Waals surface area contributed by atoms with Gasteiger partial charge in [-0.05, 0) is 67.3 Å². The van der Waals surface area contributed by atoms with E-state index in [0.29, 0.717) is 16.9 Å². The molecule has 1 aromatic rings. The number of hydrogen-bond acceptors (Lipinski definition) is 1. The van der Waals surface area contributed by atoms with Crippen LogP contribution in [0.5, 0.6) is 0 Å². The molecule has 4 rings (SSSR count). The molecule has 0 radical (unpaired) electrons. The summed E-state index contributed by atoms with van der Waals surface area (Å²) in [4.78, 5) is 5.14. The molecule has 0 spiro atoms. The molecule has 3 unspecified atom stereocenters. The molecular weight excluding hydrogens is 314 g/mol. The van der Waals surface area contributed by atoms with Crippen LogP contribution in [0.1, 0.15) is 90.5 Å². The van der Waals surface area contributed by atoms with Crippen LogP contribution < -0.4 is 0 Å². The monoisotopic (exact) mass is 351 g/mol. The van der Waals surface area contributed by atoms with Crippen molar-refractivity contribution in [3.63, 3.8) is 0 Å². The Balaban J connectivity index is 1.62. The van der Waals surface area contributed by atoms with Gasteiger partial charge in [0, 0.05) is 17.7 Å². The molecular formula is C25H37N. The average molecular weight is 352 g/mol. The van der Waals surface area contributed by atoms with E-state index in [9.17, 15) is 0 Å². The molecule has 3 aliphatic rings. The Hall–Kier alpha value is -1.11. The van der Waals surface area contributed by atoms with E-state index in [1.165, 1.54) is 64.2 Å². The summed E-state index contributed by atoms with van der Waals surface area (Å²) in [5, 5.41) is 0. The Morgan fingerprint density at radius 3 is 2.35 bits per heavy atom. The van der Waals surface area contributed by atoms with Crippen LogP contribution in [0.25, 0.3) is 0 Å². The quantitative estimate of drug-likeness (QED) is 0.522. The van der Waals surface area contributed by atoms with E-state index in [4.69, 9.17) is 4.99 Å². The highest BCUT2D eigenvalue weighted by molar-refractivity contribution is 5.66. The predicted molar refractivity (Wildman–Crippen MR) is 112 cm³/mol. The fraction of sp³-hybridized carbons (Fsp3) is 0.720. The number of nitrogens with zero attached hydrogens (tertiary/aromatic N) is 1. The lowest BCUT2D eigenvalue weighted by atomic mass is 9.48. The van der Waals surface area contributed by atoms with Crippen LogP contribution >= 0.6 is 0 Å². The van der Waals surface area contributed by atoms with Gasteiger partial charge in [-0.2, -0.15) is 0 Å². The van der Waals surface area contributed by atoms with Gasteiger partial charge in [0.15, 0.2) is 0 Å². The van der Waals surface area contributed by atoms with E-state index in [0.717, 1.165) is 5.92 Å². The molecule has 3 aliphatic carbocycles. The molecule has 1 heteroatoms. The van der Waals surface area contributed by atoms with Crippen molar-refractivity contribution in [3.05, 3.63) is 35.9 Å². The standard InChI is InChI=1S/C25H37N/c1-23(2)14-20-15-24(3,19-26-22-12-8-5-9-13-22)18-25(16-20,17-23)21-10-6-4-7-11-21/h4,6-7,10-11,19-20,22H,5,8-9,12-18H2,1-3H3. The number of hydrogen-bond donors (Lipinski definition) is 0. The lowest BCUT2D eigenvalue weighted by Crippen LogP contribution is -2.49. The highest BCUT2D eigenvalue weighted by atomic mass is 14.8. The molecule has 0 aliphatic heterocycles. The second-order valence-electron chi connectivity index (χ2n) is 10.9. The van der Waals surface area contributed by atoms with Gasteiger partial charge >= 0.3 is 0 Å². The molecule has 3 fully saturated rings. The van der Waals surface area contributed by atoms with Crippen LogP contribution in [0.15, 0.2) is 35.3 Å². The van der Waals surface area contributed by atoms with Gasteiger partial charge < -0.3 is 0 Å². The first-order valence-corrected chi connectivity index (χ1v) is 11.0. The topological polar surface area (TPSA) is 12.4 Å². The molecule has 26 heavy (non-hydrogen) atoms. The summed E-state index contributed by atoms with van der Waals surface area (Å²) in [5.41, 5.74) is 2.65. The Labute approximate surface area is 160 Å². The van der Waals surface area contributed by atoms with E-state index < -0.39 is 0 Å². The Bertz CT molecular complexity index is 639. The minimum atomic E-state index is 0.271. The Morgan fingerprint density at radius 2 is 1.62 bits per heavy atom. The fourth-order valence-corrected chi connectivity index (χ4v) is 6.98. The summed E-state index contributed by atoms with van der Waals surface area (Å²) < 4.78 is 0. The van der Waals surface area contributed by atoms with Crippen LogP contribution in [0.4, 0.5) is 0 Å². The van der Waals surface area contributed by atoms with Crippen molar-refractivity contribution in [3.8, 4) is 0 Å². The first-order chi connectivity index (χ1) is 12.4. The van der Waals surface area contributed by atoms with Gasteiger partial charge in [-0.15, -0.1) is 0 Å². The number of benzene rings is 1. The summed E-state index contributed by atoms with van der Waals surface area (Å²) in [5.74, 6) is 0.843. The minimum absolute atomic E-state index is 0.271. The van der Waals surface area contributed by atoms with Crippen molar-refractivity contribution in [1.29, 1.82) is 0 Å². The SMILES string of the molecule is CC1(C)CC2CC(C)(C=NC3CCCCC3)CC(c3ccccc3)(C2)C1. The van der Waals surface area contributed by atoms with Crippen LogP contribution in [-0.2, 0) is 5.41 Å². The summed E-state index contributed by atoms with van der Waals surface area (Å²) in [7, 11) is 0. The number of rotatable bonds is 3. The summed E-state index contributed by atoms with van der Waals surface area (Å²) in [6.07, 6.45) is 15.9.